The van der Waals surface area contributed by atoms with Gasteiger partial charge in [0.2, 0.25) is 0 Å². The number of methoxy groups -OCH3 is 1. The average Bonchev–Trinajstić information content (AvgIpc) is 3.26. The molecule has 2 N–H and O–H groups in total. The topological polar surface area (TPSA) is 121 Å². The number of nitrogens with zero attached hydrogens (tertiary/aromatic N) is 3. The van der Waals surface area contributed by atoms with E-state index in [1.165, 1.54) is 13.2 Å². The molecule has 12 heteroatoms. The lowest BCUT2D eigenvalue weighted by Gasteiger charge is -2.36. The molecule has 1 fully saturated rings. The third-order valence-electron chi connectivity index (χ3n) is 9.04. The zero-order valence-electron chi connectivity index (χ0n) is 30.9. The molecule has 11 nitrogen and oxygen atoms in total. The van der Waals surface area contributed by atoms with Crippen molar-refractivity contribution in [3.8, 4) is 17.2 Å². The monoisotopic (exact) mass is 745 g/mol. The number of carbonyl (C=O) groups excluding carboxylic acids is 1. The minimum Gasteiger partial charge on any atom is -0.504 e. The van der Waals surface area contributed by atoms with Gasteiger partial charge in [0, 0.05) is 19.6 Å². The number of urea groups is 1. The van der Waals surface area contributed by atoms with Crippen molar-refractivity contribution in [3.05, 3.63) is 125 Å². The van der Waals surface area contributed by atoms with Crippen LogP contribution in [0.5, 0.6) is 17.2 Å². The quantitative estimate of drug-likeness (QED) is 0.0719. The Labute approximate surface area is 313 Å². The first-order chi connectivity index (χ1) is 25.7. The number of phenols is 1. The van der Waals surface area contributed by atoms with Crippen LogP contribution in [-0.2, 0) is 33.2 Å². The highest BCUT2D eigenvalue weighted by atomic mass is 31.2. The van der Waals surface area contributed by atoms with Gasteiger partial charge in [0.05, 0.1) is 39.0 Å². The number of aromatic hydroxyl groups is 1. The molecular formula is C41H52N3O8P. The molecule has 0 spiro atoms. The van der Waals surface area contributed by atoms with E-state index in [1.807, 2.05) is 97.7 Å². The van der Waals surface area contributed by atoms with E-state index in [1.54, 1.807) is 28.1 Å². The SMILES string of the molecule is CCCCOP(=O)(COc1cccc(CN2C(=O)N(Cc3ccc(O)c(OC)c3)C(c3ccccc3)[C@H](O)CN2Cc2ccccc2)c1)OCCCC. The number of phenolic OH excluding ortho intramolecular Hbond substituents is 1. The van der Waals surface area contributed by atoms with Gasteiger partial charge in [0.25, 0.3) is 0 Å². The summed E-state index contributed by atoms with van der Waals surface area (Å²) < 4.78 is 36.5. The normalized spacial score (nSPS) is 16.8. The van der Waals surface area contributed by atoms with E-state index in [0.717, 1.165) is 47.9 Å². The number of benzene rings is 4. The second kappa shape index (κ2) is 19.6. The van der Waals surface area contributed by atoms with Crippen LogP contribution in [0.15, 0.2) is 103 Å². The lowest BCUT2D eigenvalue weighted by molar-refractivity contribution is -0.0214. The molecule has 1 aliphatic heterocycles. The first-order valence-electron chi connectivity index (χ1n) is 18.3. The predicted molar refractivity (Wildman–Crippen MR) is 204 cm³/mol. The maximum Gasteiger partial charge on any atom is 0.367 e. The van der Waals surface area contributed by atoms with E-state index in [-0.39, 0.29) is 43.5 Å². The Bertz CT molecular complexity index is 1770. The largest absolute Gasteiger partial charge is 0.504 e. The summed E-state index contributed by atoms with van der Waals surface area (Å²) in [5, 5.41) is 25.8. The molecule has 1 saturated heterocycles. The highest BCUT2D eigenvalue weighted by Gasteiger charge is 2.41. The summed E-state index contributed by atoms with van der Waals surface area (Å²) in [6.45, 7) is 5.55. The zero-order valence-corrected chi connectivity index (χ0v) is 31.8. The van der Waals surface area contributed by atoms with E-state index in [0.29, 0.717) is 25.5 Å². The first-order valence-corrected chi connectivity index (χ1v) is 20.0. The minimum atomic E-state index is -3.51. The fraction of sp³-hybridized carbons (Fsp3) is 0.390. The summed E-state index contributed by atoms with van der Waals surface area (Å²) in [5.74, 6) is 0.748. The van der Waals surface area contributed by atoms with Gasteiger partial charge in [-0.2, -0.15) is 0 Å². The maximum atomic E-state index is 15.0. The third-order valence-corrected chi connectivity index (χ3v) is 10.6. The van der Waals surface area contributed by atoms with Gasteiger partial charge in [-0.3, -0.25) is 9.57 Å². The van der Waals surface area contributed by atoms with Crippen LogP contribution >= 0.6 is 7.60 Å². The van der Waals surface area contributed by atoms with Crippen molar-refractivity contribution in [3.63, 3.8) is 0 Å². The number of rotatable bonds is 19. The minimum absolute atomic E-state index is 0.00718. The van der Waals surface area contributed by atoms with Crippen LogP contribution in [0.2, 0.25) is 0 Å². The molecule has 284 valence electrons. The summed E-state index contributed by atoms with van der Waals surface area (Å²) in [4.78, 5) is 16.7. The number of aliphatic hydroxyl groups is 1. The van der Waals surface area contributed by atoms with Crippen LogP contribution < -0.4 is 9.47 Å². The number of aliphatic hydroxyl groups excluding tert-OH is 1. The van der Waals surface area contributed by atoms with Crippen LogP contribution in [0.3, 0.4) is 0 Å². The predicted octanol–water partition coefficient (Wildman–Crippen LogP) is 8.52. The molecule has 2 amide bonds. The van der Waals surface area contributed by atoms with Crippen molar-refractivity contribution in [1.29, 1.82) is 0 Å². The molecule has 0 bridgehead atoms. The second-order valence-electron chi connectivity index (χ2n) is 13.1. The van der Waals surface area contributed by atoms with Gasteiger partial charge in [-0.1, -0.05) is 106 Å². The van der Waals surface area contributed by atoms with E-state index in [2.05, 4.69) is 0 Å². The fourth-order valence-electron chi connectivity index (χ4n) is 6.23. The highest BCUT2D eigenvalue weighted by Crippen LogP contribution is 2.48. The van der Waals surface area contributed by atoms with Gasteiger partial charge in [0.15, 0.2) is 17.8 Å². The summed E-state index contributed by atoms with van der Waals surface area (Å²) in [6, 6.07) is 30.7. The van der Waals surface area contributed by atoms with E-state index >= 15 is 4.79 Å². The average molecular weight is 746 g/mol. The number of ether oxygens (including phenoxy) is 2. The Kier molecular flexibility index (Phi) is 14.7. The maximum absolute atomic E-state index is 15.0. The van der Waals surface area contributed by atoms with Gasteiger partial charge in [-0.05, 0) is 59.4 Å². The van der Waals surface area contributed by atoms with Crippen molar-refractivity contribution in [2.24, 2.45) is 0 Å². The summed E-state index contributed by atoms with van der Waals surface area (Å²) in [6.07, 6.45) is 2.13. The Morgan fingerprint density at radius 1 is 0.774 bits per heavy atom. The van der Waals surface area contributed by atoms with Crippen molar-refractivity contribution in [1.82, 2.24) is 14.9 Å². The van der Waals surface area contributed by atoms with E-state index in [4.69, 9.17) is 18.5 Å². The third kappa shape index (κ3) is 11.1. The highest BCUT2D eigenvalue weighted by molar-refractivity contribution is 7.53. The first kappa shape index (κ1) is 39.8. The molecule has 1 unspecified atom stereocenters. The molecule has 0 aromatic heterocycles. The molecule has 5 rings (SSSR count). The molecule has 53 heavy (non-hydrogen) atoms. The Hall–Kier alpha value is -4.38. The summed E-state index contributed by atoms with van der Waals surface area (Å²) in [7, 11) is -2.03. The number of hydrogen-bond acceptors (Lipinski definition) is 9. The smallest absolute Gasteiger partial charge is 0.367 e. The van der Waals surface area contributed by atoms with Crippen LogP contribution in [0, 0.1) is 0 Å². The van der Waals surface area contributed by atoms with Gasteiger partial charge >= 0.3 is 13.6 Å². The summed E-state index contributed by atoms with van der Waals surface area (Å²) >= 11 is 0. The molecule has 1 heterocycles. The van der Waals surface area contributed by atoms with Gasteiger partial charge in [-0.15, -0.1) is 0 Å². The molecule has 0 aliphatic carbocycles. The molecule has 4 aromatic rings. The van der Waals surface area contributed by atoms with Crippen LogP contribution in [0.1, 0.15) is 67.8 Å². The lowest BCUT2D eigenvalue weighted by Crippen LogP contribution is -2.49. The lowest BCUT2D eigenvalue weighted by atomic mass is 9.99. The number of amides is 2. The van der Waals surface area contributed by atoms with Crippen molar-refractivity contribution in [2.75, 3.05) is 33.2 Å². The second-order valence-corrected chi connectivity index (χ2v) is 15.1. The Morgan fingerprint density at radius 3 is 2.08 bits per heavy atom. The Morgan fingerprint density at radius 2 is 1.42 bits per heavy atom. The van der Waals surface area contributed by atoms with Crippen LogP contribution in [-0.4, -0.2) is 70.5 Å². The van der Waals surface area contributed by atoms with Crippen molar-refractivity contribution < 1.29 is 38.1 Å². The molecule has 4 aromatic carbocycles. The molecular weight excluding hydrogens is 693 g/mol. The van der Waals surface area contributed by atoms with Gasteiger partial charge in [0.1, 0.15) is 5.75 Å². The van der Waals surface area contributed by atoms with E-state index < -0.39 is 19.7 Å². The van der Waals surface area contributed by atoms with Gasteiger partial charge < -0.3 is 33.6 Å². The molecule has 2 atom stereocenters. The fourth-order valence-corrected chi connectivity index (χ4v) is 7.57. The molecule has 0 saturated carbocycles. The zero-order chi connectivity index (χ0) is 37.6. The number of hydrogen-bond donors (Lipinski definition) is 2. The van der Waals surface area contributed by atoms with E-state index in [9.17, 15) is 14.8 Å². The Balaban J connectivity index is 1.47. The number of carbonyl (C=O) groups is 1. The number of hydrazine groups is 1. The van der Waals surface area contributed by atoms with Crippen LogP contribution in [0.4, 0.5) is 4.79 Å². The van der Waals surface area contributed by atoms with Crippen LogP contribution in [0.25, 0.3) is 0 Å². The molecule has 1 aliphatic rings. The van der Waals surface area contributed by atoms with Gasteiger partial charge in [-0.25, -0.2) is 9.80 Å². The number of unbranched alkanes of at least 4 members (excludes halogenated alkanes) is 2. The number of β-amino-alcohol motifs (C(OH)–C–C–N with tert-alkyl or cyclic N) is 1. The summed E-state index contributed by atoms with van der Waals surface area (Å²) in [5.41, 5.74) is 3.26. The molecule has 0 radical (unpaired) electrons. The standard InChI is InChI=1S/C41H52N3O8P/c1-4-6-23-51-53(48,52-24-7-5-2)31-50-36-20-14-17-33(25-36)29-44-41(47)43(28-34-21-22-37(45)39(26-34)49-3)40(35-18-12-9-13-19-35)38(46)30-42(44)27-32-15-10-8-11-16-32/h8-22,25-26,38,40,45-46H,4-7,23-24,27-31H2,1-3H3/t38-,40?/m1/s1. The van der Waals surface area contributed by atoms with Crippen molar-refractivity contribution in [2.45, 2.75) is 71.3 Å². The van der Waals surface area contributed by atoms with Crippen molar-refractivity contribution >= 4 is 13.6 Å².